The first kappa shape index (κ1) is 12.3. The van der Waals surface area contributed by atoms with Gasteiger partial charge in [-0.3, -0.25) is 0 Å². The van der Waals surface area contributed by atoms with Crippen LogP contribution in [0.4, 0.5) is 0 Å². The smallest absolute Gasteiger partial charge is 0.133 e. The fraction of sp³-hybridized carbons (Fsp3) is 0.923. The van der Waals surface area contributed by atoms with Crippen molar-refractivity contribution in [2.45, 2.75) is 46.1 Å². The zero-order chi connectivity index (χ0) is 11.8. The number of nitrogens with zero attached hydrogens (tertiary/aromatic N) is 1. The van der Waals surface area contributed by atoms with E-state index in [9.17, 15) is 0 Å². The first-order valence-electron chi connectivity index (χ1n) is 6.15. The van der Waals surface area contributed by atoms with Crippen molar-refractivity contribution >= 4 is 11.8 Å². The predicted molar refractivity (Wildman–Crippen MR) is 67.0 cm³/mol. The molecule has 2 aliphatic rings. The van der Waals surface area contributed by atoms with Crippen LogP contribution >= 0.6 is 11.8 Å². The maximum Gasteiger partial charge on any atom is 0.133 e. The molecule has 0 N–H and O–H groups in total. The fourth-order valence-electron chi connectivity index (χ4n) is 3.66. The molecule has 0 radical (unpaired) electrons. The van der Waals surface area contributed by atoms with Crippen LogP contribution in [-0.2, 0) is 4.74 Å². The zero-order valence-corrected chi connectivity index (χ0v) is 11.3. The van der Waals surface area contributed by atoms with Gasteiger partial charge in [-0.1, -0.05) is 20.8 Å². The largest absolute Gasteiger partial charge is 0.377 e. The highest BCUT2D eigenvalue weighted by Gasteiger charge is 2.61. The maximum atomic E-state index is 8.45. The van der Waals surface area contributed by atoms with E-state index >= 15 is 0 Å². The van der Waals surface area contributed by atoms with Crippen LogP contribution in [0.15, 0.2) is 0 Å². The van der Waals surface area contributed by atoms with Gasteiger partial charge in [-0.25, -0.2) is 0 Å². The molecule has 2 rings (SSSR count). The van der Waals surface area contributed by atoms with E-state index in [0.717, 1.165) is 18.3 Å². The van der Waals surface area contributed by atoms with Crippen molar-refractivity contribution in [3.63, 3.8) is 0 Å². The minimum absolute atomic E-state index is 0.356. The molecule has 0 aromatic carbocycles. The number of rotatable bonds is 4. The van der Waals surface area contributed by atoms with Crippen LogP contribution in [0.3, 0.4) is 0 Å². The van der Waals surface area contributed by atoms with Crippen molar-refractivity contribution in [3.05, 3.63) is 0 Å². The molecule has 0 spiro atoms. The molecule has 16 heavy (non-hydrogen) atoms. The molecule has 3 atom stereocenters. The van der Waals surface area contributed by atoms with Crippen molar-refractivity contribution in [1.82, 2.24) is 0 Å². The SMILES string of the molecule is CC1(C)[C@@H]2CC[C@]1(C)[C@@H](OCCSC#N)C2. The number of thioether (sulfide) groups is 1. The minimum Gasteiger partial charge on any atom is -0.377 e. The molecule has 2 aliphatic carbocycles. The standard InChI is InChI=1S/C13H21NOS/c1-12(2)10-4-5-13(12,3)11(8-10)15-6-7-16-9-14/h10-11H,4-8H2,1-3H3/t10-,11+,13-/m1/s1. The summed E-state index contributed by atoms with van der Waals surface area (Å²) in [6.45, 7) is 7.92. The minimum atomic E-state index is 0.356. The third-order valence-electron chi connectivity index (χ3n) is 5.28. The van der Waals surface area contributed by atoms with Crippen LogP contribution in [0.2, 0.25) is 0 Å². The van der Waals surface area contributed by atoms with Crippen LogP contribution in [0.25, 0.3) is 0 Å². The van der Waals surface area contributed by atoms with Gasteiger partial charge in [0.25, 0.3) is 0 Å². The molecule has 90 valence electrons. The zero-order valence-electron chi connectivity index (χ0n) is 10.5. The summed E-state index contributed by atoms with van der Waals surface area (Å²) in [5, 5.41) is 10.5. The van der Waals surface area contributed by atoms with Gasteiger partial charge in [-0.2, -0.15) is 5.26 Å². The number of ether oxygens (including phenoxy) is 1. The first-order valence-corrected chi connectivity index (χ1v) is 7.13. The molecule has 0 heterocycles. The quantitative estimate of drug-likeness (QED) is 0.556. The third kappa shape index (κ3) is 1.67. The molecule has 0 aromatic rings. The Morgan fingerprint density at radius 3 is 2.69 bits per heavy atom. The van der Waals surface area contributed by atoms with Gasteiger partial charge in [0, 0.05) is 5.75 Å². The maximum absolute atomic E-state index is 8.45. The summed E-state index contributed by atoms with van der Waals surface area (Å²) in [5.41, 5.74) is 0.787. The predicted octanol–water partition coefficient (Wildman–Crippen LogP) is 3.43. The van der Waals surface area contributed by atoms with E-state index < -0.39 is 0 Å². The first-order chi connectivity index (χ1) is 7.52. The monoisotopic (exact) mass is 239 g/mol. The lowest BCUT2D eigenvalue weighted by atomic mass is 9.70. The van der Waals surface area contributed by atoms with Gasteiger partial charge in [0.1, 0.15) is 5.40 Å². The van der Waals surface area contributed by atoms with E-state index in [2.05, 4.69) is 26.2 Å². The Kier molecular flexibility index (Phi) is 3.25. The second-order valence-corrected chi connectivity index (χ2v) is 6.79. The Labute approximate surface area is 103 Å². The molecule has 0 aliphatic heterocycles. The number of nitriles is 1. The van der Waals surface area contributed by atoms with Gasteiger partial charge in [0.2, 0.25) is 0 Å². The lowest BCUT2D eigenvalue weighted by Crippen LogP contribution is -2.37. The summed E-state index contributed by atoms with van der Waals surface area (Å²) in [6, 6.07) is 0. The normalized spacial score (nSPS) is 39.9. The Morgan fingerprint density at radius 1 is 1.44 bits per heavy atom. The number of hydrogen-bond donors (Lipinski definition) is 0. The number of thiocyanates is 1. The van der Waals surface area contributed by atoms with E-state index in [0.29, 0.717) is 16.9 Å². The van der Waals surface area contributed by atoms with Crippen LogP contribution < -0.4 is 0 Å². The summed E-state index contributed by atoms with van der Waals surface area (Å²) < 4.78 is 6.01. The molecule has 3 heteroatoms. The topological polar surface area (TPSA) is 33.0 Å². The van der Waals surface area contributed by atoms with Gasteiger partial charge in [-0.15, -0.1) is 0 Å². The van der Waals surface area contributed by atoms with Crippen LogP contribution in [0, 0.1) is 27.4 Å². The lowest BCUT2D eigenvalue weighted by molar-refractivity contribution is -0.0402. The molecule has 2 saturated carbocycles. The van der Waals surface area contributed by atoms with Crippen LogP contribution in [0.1, 0.15) is 40.0 Å². The molecule has 2 bridgehead atoms. The summed E-state index contributed by atoms with van der Waals surface area (Å²) in [7, 11) is 0. The van der Waals surface area contributed by atoms with E-state index in [1.54, 1.807) is 0 Å². The summed E-state index contributed by atoms with van der Waals surface area (Å²) in [4.78, 5) is 0. The summed E-state index contributed by atoms with van der Waals surface area (Å²) >= 11 is 1.29. The Hall–Kier alpha value is -0.200. The number of hydrogen-bond acceptors (Lipinski definition) is 3. The fourth-order valence-corrected chi connectivity index (χ4v) is 3.93. The van der Waals surface area contributed by atoms with Crippen molar-refractivity contribution in [2.75, 3.05) is 12.4 Å². The molecular weight excluding hydrogens is 218 g/mol. The van der Waals surface area contributed by atoms with Crippen molar-refractivity contribution in [2.24, 2.45) is 16.7 Å². The Morgan fingerprint density at radius 2 is 2.19 bits per heavy atom. The molecule has 0 aromatic heterocycles. The molecule has 2 fully saturated rings. The molecule has 0 amide bonds. The average molecular weight is 239 g/mol. The highest BCUT2D eigenvalue weighted by molar-refractivity contribution is 8.03. The van der Waals surface area contributed by atoms with E-state index in [1.165, 1.54) is 31.0 Å². The van der Waals surface area contributed by atoms with Gasteiger partial charge < -0.3 is 4.74 Å². The molecule has 2 nitrogen and oxygen atoms in total. The molecule has 0 saturated heterocycles. The van der Waals surface area contributed by atoms with E-state index in [-0.39, 0.29) is 0 Å². The van der Waals surface area contributed by atoms with Gasteiger partial charge >= 0.3 is 0 Å². The van der Waals surface area contributed by atoms with Crippen LogP contribution in [-0.4, -0.2) is 18.5 Å². The highest BCUT2D eigenvalue weighted by atomic mass is 32.2. The van der Waals surface area contributed by atoms with Gasteiger partial charge in [0.15, 0.2) is 0 Å². The molecule has 0 unspecified atom stereocenters. The number of fused-ring (bicyclic) bond motifs is 2. The second kappa shape index (κ2) is 4.23. The van der Waals surface area contributed by atoms with E-state index in [4.69, 9.17) is 10.00 Å². The van der Waals surface area contributed by atoms with Crippen molar-refractivity contribution < 1.29 is 4.74 Å². The summed E-state index contributed by atoms with van der Waals surface area (Å²) in [6.07, 6.45) is 4.32. The Balaban J connectivity index is 1.92. The lowest BCUT2D eigenvalue weighted by Gasteiger charge is -2.38. The van der Waals surface area contributed by atoms with Crippen molar-refractivity contribution in [3.8, 4) is 5.40 Å². The molecular formula is C13H21NOS. The Bertz CT molecular complexity index is 310. The van der Waals surface area contributed by atoms with E-state index in [1.807, 2.05) is 0 Å². The van der Waals surface area contributed by atoms with Gasteiger partial charge in [-0.05, 0) is 47.8 Å². The van der Waals surface area contributed by atoms with Crippen LogP contribution in [0.5, 0.6) is 0 Å². The summed E-state index contributed by atoms with van der Waals surface area (Å²) in [5.74, 6) is 1.64. The second-order valence-electron chi connectivity index (χ2n) is 5.91. The highest BCUT2D eigenvalue weighted by Crippen LogP contribution is 2.66. The average Bonchev–Trinajstić information content (AvgIpc) is 2.57. The third-order valence-corrected chi connectivity index (χ3v) is 5.78. The van der Waals surface area contributed by atoms with Crippen molar-refractivity contribution in [1.29, 1.82) is 5.26 Å². The van der Waals surface area contributed by atoms with Gasteiger partial charge in [0.05, 0.1) is 12.7 Å².